The maximum absolute atomic E-state index is 4.56. The van der Waals surface area contributed by atoms with Crippen LogP contribution in [0.4, 0.5) is 5.69 Å². The van der Waals surface area contributed by atoms with E-state index in [-0.39, 0.29) is 0 Å². The Bertz CT molecular complexity index is 1030. The smallest absolute Gasteiger partial charge is 0.116 e. The minimum Gasteiger partial charge on any atom is -0.369 e. The second-order valence-electron chi connectivity index (χ2n) is 6.68. The molecule has 0 aliphatic carbocycles. The first kappa shape index (κ1) is 15.3. The number of aromatic nitrogens is 4. The minimum atomic E-state index is 0.745. The Hall–Kier alpha value is -2.99. The summed E-state index contributed by atoms with van der Waals surface area (Å²) in [4.78, 5) is 9.42. The highest BCUT2D eigenvalue weighted by Crippen LogP contribution is 2.22. The third-order valence-electron chi connectivity index (χ3n) is 5.07. The van der Waals surface area contributed by atoms with Crippen LogP contribution in [0.3, 0.4) is 0 Å². The molecular formula is C20H20N6. The number of hydrogen-bond acceptors (Lipinski definition) is 5. The van der Waals surface area contributed by atoms with E-state index in [1.54, 1.807) is 0 Å². The highest BCUT2D eigenvalue weighted by molar-refractivity contribution is 6.01. The molecule has 3 heterocycles. The van der Waals surface area contributed by atoms with Crippen molar-refractivity contribution in [2.75, 3.05) is 31.1 Å². The topological polar surface area (TPSA) is 50.1 Å². The predicted octanol–water partition coefficient (Wildman–Crippen LogP) is 2.76. The number of nitrogens with zero attached hydrogens (tertiary/aromatic N) is 6. The summed E-state index contributed by atoms with van der Waals surface area (Å²) in [5.41, 5.74) is 4.19. The van der Waals surface area contributed by atoms with E-state index in [9.17, 15) is 0 Å². The summed E-state index contributed by atoms with van der Waals surface area (Å²) in [5, 5.41) is 9.84. The van der Waals surface area contributed by atoms with Gasteiger partial charge in [0, 0.05) is 43.4 Å². The molecule has 5 rings (SSSR count). The van der Waals surface area contributed by atoms with Crippen LogP contribution in [0, 0.1) is 0 Å². The van der Waals surface area contributed by atoms with E-state index in [2.05, 4.69) is 67.6 Å². The highest BCUT2D eigenvalue weighted by Gasteiger charge is 2.19. The van der Waals surface area contributed by atoms with Gasteiger partial charge in [-0.05, 0) is 24.3 Å². The van der Waals surface area contributed by atoms with Crippen LogP contribution in [0.25, 0.3) is 21.9 Å². The van der Waals surface area contributed by atoms with Crippen molar-refractivity contribution in [2.45, 2.75) is 6.67 Å². The second-order valence-corrected chi connectivity index (χ2v) is 6.68. The van der Waals surface area contributed by atoms with Crippen LogP contribution in [-0.4, -0.2) is 51.1 Å². The molecule has 2 aromatic heterocycles. The third kappa shape index (κ3) is 2.68. The van der Waals surface area contributed by atoms with Gasteiger partial charge in [-0.2, -0.15) is 0 Å². The minimum absolute atomic E-state index is 0.745. The molecule has 0 radical (unpaired) electrons. The van der Waals surface area contributed by atoms with E-state index in [1.807, 2.05) is 23.0 Å². The molecule has 2 aromatic carbocycles. The molecule has 130 valence electrons. The summed E-state index contributed by atoms with van der Waals surface area (Å²) in [7, 11) is 0. The Morgan fingerprint density at radius 2 is 1.69 bits per heavy atom. The van der Waals surface area contributed by atoms with Gasteiger partial charge in [0.25, 0.3) is 0 Å². The van der Waals surface area contributed by atoms with Gasteiger partial charge in [-0.3, -0.25) is 9.88 Å². The molecule has 6 nitrogen and oxygen atoms in total. The number of benzene rings is 2. The maximum atomic E-state index is 4.56. The standard InChI is InChI=1S/C20H20N6/c1-2-6-17(7-3-1)25-13-11-24(12-14-25)15-26-20-18(22-23-26)9-8-16-5-4-10-21-19(16)20/h1-10H,11-15H2. The predicted molar refractivity (Wildman–Crippen MR) is 103 cm³/mol. The summed E-state index contributed by atoms with van der Waals surface area (Å²) in [6.07, 6.45) is 1.83. The number of hydrogen-bond donors (Lipinski definition) is 0. The van der Waals surface area contributed by atoms with Crippen LogP contribution in [-0.2, 0) is 6.67 Å². The van der Waals surface area contributed by atoms with Gasteiger partial charge in [0.05, 0.1) is 12.2 Å². The van der Waals surface area contributed by atoms with Gasteiger partial charge in [0.2, 0.25) is 0 Å². The Labute approximate surface area is 151 Å². The summed E-state index contributed by atoms with van der Waals surface area (Å²) in [5.74, 6) is 0. The van der Waals surface area contributed by atoms with Crippen molar-refractivity contribution in [1.29, 1.82) is 0 Å². The average Bonchev–Trinajstić information content (AvgIpc) is 3.12. The first-order valence-corrected chi connectivity index (χ1v) is 8.98. The van der Waals surface area contributed by atoms with E-state index < -0.39 is 0 Å². The lowest BCUT2D eigenvalue weighted by atomic mass is 10.2. The van der Waals surface area contributed by atoms with Crippen LogP contribution >= 0.6 is 0 Å². The molecule has 0 N–H and O–H groups in total. The molecule has 1 aliphatic heterocycles. The lowest BCUT2D eigenvalue weighted by Gasteiger charge is -2.35. The van der Waals surface area contributed by atoms with E-state index in [1.165, 1.54) is 5.69 Å². The monoisotopic (exact) mass is 344 g/mol. The molecule has 0 spiro atoms. The van der Waals surface area contributed by atoms with Crippen LogP contribution in [0.15, 0.2) is 60.8 Å². The van der Waals surface area contributed by atoms with Crippen molar-refractivity contribution in [2.24, 2.45) is 0 Å². The van der Waals surface area contributed by atoms with Crippen molar-refractivity contribution in [3.63, 3.8) is 0 Å². The molecule has 0 amide bonds. The molecule has 0 saturated carbocycles. The number of anilines is 1. The van der Waals surface area contributed by atoms with Crippen LogP contribution in [0.1, 0.15) is 0 Å². The zero-order chi connectivity index (χ0) is 17.3. The second kappa shape index (κ2) is 6.38. The van der Waals surface area contributed by atoms with E-state index in [0.29, 0.717) is 0 Å². The Morgan fingerprint density at radius 3 is 2.54 bits per heavy atom. The van der Waals surface area contributed by atoms with Gasteiger partial charge < -0.3 is 4.90 Å². The molecule has 0 atom stereocenters. The number of piperazine rings is 1. The van der Waals surface area contributed by atoms with E-state index >= 15 is 0 Å². The van der Waals surface area contributed by atoms with Crippen molar-refractivity contribution < 1.29 is 0 Å². The van der Waals surface area contributed by atoms with E-state index in [0.717, 1.165) is 54.8 Å². The molecule has 1 saturated heterocycles. The summed E-state index contributed by atoms with van der Waals surface area (Å²) in [6, 6.07) is 18.7. The maximum Gasteiger partial charge on any atom is 0.116 e. The zero-order valence-corrected chi connectivity index (χ0v) is 14.5. The number of para-hydroxylation sites is 1. The van der Waals surface area contributed by atoms with Crippen molar-refractivity contribution in [1.82, 2.24) is 24.9 Å². The van der Waals surface area contributed by atoms with Crippen LogP contribution in [0.5, 0.6) is 0 Å². The molecular weight excluding hydrogens is 324 g/mol. The molecule has 0 unspecified atom stereocenters. The molecule has 1 aliphatic rings. The van der Waals surface area contributed by atoms with Crippen LogP contribution in [0.2, 0.25) is 0 Å². The van der Waals surface area contributed by atoms with Gasteiger partial charge in [0.1, 0.15) is 11.0 Å². The van der Waals surface area contributed by atoms with Crippen LogP contribution < -0.4 is 4.90 Å². The van der Waals surface area contributed by atoms with Gasteiger partial charge in [0.15, 0.2) is 0 Å². The fourth-order valence-electron chi connectivity index (χ4n) is 3.68. The lowest BCUT2D eigenvalue weighted by molar-refractivity contribution is 0.197. The Kier molecular flexibility index (Phi) is 3.75. The molecule has 6 heteroatoms. The van der Waals surface area contributed by atoms with Crippen molar-refractivity contribution >= 4 is 27.6 Å². The summed E-state index contributed by atoms with van der Waals surface area (Å²) in [6.45, 7) is 4.81. The van der Waals surface area contributed by atoms with E-state index in [4.69, 9.17) is 0 Å². The van der Waals surface area contributed by atoms with Gasteiger partial charge in [-0.1, -0.05) is 35.5 Å². The largest absolute Gasteiger partial charge is 0.369 e. The first-order chi connectivity index (χ1) is 12.9. The molecule has 26 heavy (non-hydrogen) atoms. The lowest BCUT2D eigenvalue weighted by Crippen LogP contribution is -2.46. The summed E-state index contributed by atoms with van der Waals surface area (Å²) < 4.78 is 1.99. The normalized spacial score (nSPS) is 15.8. The summed E-state index contributed by atoms with van der Waals surface area (Å²) >= 11 is 0. The highest BCUT2D eigenvalue weighted by atomic mass is 15.5. The number of fused-ring (bicyclic) bond motifs is 3. The molecule has 4 aromatic rings. The third-order valence-corrected chi connectivity index (χ3v) is 5.07. The SMILES string of the molecule is c1ccc(N2CCN(Cn3nnc4ccc5cccnc5c43)CC2)cc1. The van der Waals surface area contributed by atoms with Gasteiger partial charge in [-0.25, -0.2) is 4.68 Å². The van der Waals surface area contributed by atoms with Gasteiger partial charge in [-0.15, -0.1) is 5.10 Å². The number of pyridine rings is 1. The number of rotatable bonds is 3. The Morgan fingerprint density at radius 1 is 0.846 bits per heavy atom. The zero-order valence-electron chi connectivity index (χ0n) is 14.5. The fraction of sp³-hybridized carbons (Fsp3) is 0.250. The quantitative estimate of drug-likeness (QED) is 0.572. The first-order valence-electron chi connectivity index (χ1n) is 8.98. The molecule has 1 fully saturated rings. The molecule has 0 bridgehead atoms. The average molecular weight is 344 g/mol. The van der Waals surface area contributed by atoms with Crippen molar-refractivity contribution in [3.8, 4) is 0 Å². The van der Waals surface area contributed by atoms with Crippen molar-refractivity contribution in [3.05, 3.63) is 60.8 Å². The Balaban J connectivity index is 1.37. The fourth-order valence-corrected chi connectivity index (χ4v) is 3.68. The van der Waals surface area contributed by atoms with Gasteiger partial charge >= 0.3 is 0 Å².